The minimum absolute atomic E-state index is 0.0294. The molecule has 2 aliphatic carbocycles. The predicted octanol–water partition coefficient (Wildman–Crippen LogP) is 8.12. The number of anilines is 1. The number of rotatable bonds is 4. The molecular formula is C22H27Cl2F7N6S2. The zero-order chi connectivity index (χ0) is 29.4. The van der Waals surface area contributed by atoms with E-state index in [4.69, 9.17) is 28.9 Å². The number of thioether (sulfide) groups is 2. The van der Waals surface area contributed by atoms with Gasteiger partial charge in [-0.2, -0.15) is 35.7 Å². The normalized spacial score (nSPS) is 16.4. The lowest BCUT2D eigenvalue weighted by atomic mass is 10.2. The first-order valence-electron chi connectivity index (χ1n) is 11.7. The molecule has 17 heteroatoms. The van der Waals surface area contributed by atoms with E-state index in [1.165, 1.54) is 31.9 Å². The quantitative estimate of drug-likeness (QED) is 0.150. The Bertz CT molecular complexity index is 1060. The van der Waals surface area contributed by atoms with Gasteiger partial charge in [-0.05, 0) is 38.2 Å². The maximum atomic E-state index is 13.0. The van der Waals surface area contributed by atoms with Gasteiger partial charge in [0.15, 0.2) is 10.3 Å². The van der Waals surface area contributed by atoms with Crippen molar-refractivity contribution in [3.8, 4) is 0 Å². The Hall–Kier alpha value is -1.29. The van der Waals surface area contributed by atoms with Gasteiger partial charge in [0.25, 0.3) is 0 Å². The largest absolute Gasteiger partial charge is 0.423 e. The summed E-state index contributed by atoms with van der Waals surface area (Å²) < 4.78 is 88.2. The SMILES string of the molecule is CSc1nc(Cl)c(C(F)(F)F)c(NC2CCCC2)n1.CSc1nc(F)c(C(F)(F)F)c(Cl)n1.NC1CCCC1. The maximum Gasteiger partial charge on any atom is 0.423 e. The molecule has 0 spiro atoms. The summed E-state index contributed by atoms with van der Waals surface area (Å²) in [4.78, 5) is 13.8. The number of alkyl halides is 6. The van der Waals surface area contributed by atoms with Crippen LogP contribution in [0.25, 0.3) is 0 Å². The minimum atomic E-state index is -4.88. The van der Waals surface area contributed by atoms with Crippen LogP contribution in [-0.4, -0.2) is 44.5 Å². The molecule has 0 atom stereocenters. The van der Waals surface area contributed by atoms with Crippen molar-refractivity contribution in [2.75, 3.05) is 17.8 Å². The Labute approximate surface area is 239 Å². The molecule has 0 amide bonds. The van der Waals surface area contributed by atoms with Crippen LogP contribution in [-0.2, 0) is 12.4 Å². The van der Waals surface area contributed by atoms with Crippen molar-refractivity contribution in [3.05, 3.63) is 27.4 Å². The zero-order valence-electron chi connectivity index (χ0n) is 20.9. The molecule has 220 valence electrons. The molecule has 2 aliphatic rings. The predicted molar refractivity (Wildman–Crippen MR) is 140 cm³/mol. The van der Waals surface area contributed by atoms with Gasteiger partial charge >= 0.3 is 12.4 Å². The first-order valence-corrected chi connectivity index (χ1v) is 14.9. The van der Waals surface area contributed by atoms with Gasteiger partial charge in [-0.15, -0.1) is 0 Å². The Morgan fingerprint density at radius 3 is 1.56 bits per heavy atom. The molecule has 0 unspecified atom stereocenters. The highest BCUT2D eigenvalue weighted by atomic mass is 35.5. The van der Waals surface area contributed by atoms with Crippen LogP contribution < -0.4 is 11.1 Å². The lowest BCUT2D eigenvalue weighted by Gasteiger charge is -2.18. The highest BCUT2D eigenvalue weighted by Crippen LogP contribution is 2.40. The molecule has 2 aromatic rings. The molecule has 2 aromatic heterocycles. The van der Waals surface area contributed by atoms with Gasteiger partial charge in [-0.3, -0.25) is 0 Å². The second-order valence-corrected chi connectivity index (χ2v) is 10.8. The van der Waals surface area contributed by atoms with Crippen LogP contribution in [0.2, 0.25) is 10.3 Å². The Morgan fingerprint density at radius 2 is 1.18 bits per heavy atom. The molecule has 2 heterocycles. The molecule has 6 nitrogen and oxygen atoms in total. The highest BCUT2D eigenvalue weighted by molar-refractivity contribution is 7.98. The van der Waals surface area contributed by atoms with Gasteiger partial charge in [0.05, 0.1) is 0 Å². The second-order valence-electron chi connectivity index (χ2n) is 8.56. The molecule has 2 fully saturated rings. The Kier molecular flexibility index (Phi) is 13.1. The van der Waals surface area contributed by atoms with Crippen molar-refractivity contribution in [1.29, 1.82) is 0 Å². The molecule has 4 rings (SSSR count). The molecule has 3 N–H and O–H groups in total. The number of aromatic nitrogens is 4. The minimum Gasteiger partial charge on any atom is -0.367 e. The number of nitrogens with zero attached hydrogens (tertiary/aromatic N) is 4. The monoisotopic (exact) mass is 642 g/mol. The molecule has 0 radical (unpaired) electrons. The van der Waals surface area contributed by atoms with E-state index in [1.807, 2.05) is 0 Å². The van der Waals surface area contributed by atoms with Crippen molar-refractivity contribution in [3.63, 3.8) is 0 Å². The average Bonchev–Trinajstić information content (AvgIpc) is 3.51. The van der Waals surface area contributed by atoms with E-state index in [1.54, 1.807) is 6.26 Å². The molecule has 0 bridgehead atoms. The smallest absolute Gasteiger partial charge is 0.367 e. The van der Waals surface area contributed by atoms with Crippen LogP contribution in [0.3, 0.4) is 0 Å². The summed E-state index contributed by atoms with van der Waals surface area (Å²) in [6, 6.07) is 0.576. The number of nitrogens with one attached hydrogen (secondary N) is 1. The van der Waals surface area contributed by atoms with E-state index < -0.39 is 39.7 Å². The van der Waals surface area contributed by atoms with Crippen LogP contribution in [0.4, 0.5) is 36.6 Å². The summed E-state index contributed by atoms with van der Waals surface area (Å²) in [5.74, 6) is -1.86. The van der Waals surface area contributed by atoms with E-state index in [0.717, 1.165) is 49.2 Å². The van der Waals surface area contributed by atoms with Crippen LogP contribution in [0.1, 0.15) is 62.5 Å². The number of hydrogen-bond donors (Lipinski definition) is 2. The highest BCUT2D eigenvalue weighted by Gasteiger charge is 2.40. The van der Waals surface area contributed by atoms with Crippen LogP contribution in [0, 0.1) is 5.95 Å². The van der Waals surface area contributed by atoms with Gasteiger partial charge < -0.3 is 11.1 Å². The average molecular weight is 644 g/mol. The van der Waals surface area contributed by atoms with E-state index in [0.29, 0.717) is 6.04 Å². The Morgan fingerprint density at radius 1 is 0.744 bits per heavy atom. The fourth-order valence-corrected chi connectivity index (χ4v) is 5.16. The molecule has 0 aromatic carbocycles. The molecule has 0 aliphatic heterocycles. The lowest BCUT2D eigenvalue weighted by Crippen LogP contribution is -2.21. The molecule has 39 heavy (non-hydrogen) atoms. The number of nitrogens with two attached hydrogens (primary N) is 1. The fraction of sp³-hybridized carbons (Fsp3) is 0.636. The summed E-state index contributed by atoms with van der Waals surface area (Å²) in [5.41, 5.74) is 2.93. The number of hydrogen-bond acceptors (Lipinski definition) is 8. The third-order valence-corrected chi connectivity index (χ3v) is 7.31. The van der Waals surface area contributed by atoms with Gasteiger partial charge in [0, 0.05) is 12.1 Å². The summed E-state index contributed by atoms with van der Waals surface area (Å²) in [6.07, 6.45) is 2.76. The van der Waals surface area contributed by atoms with Crippen molar-refractivity contribution in [1.82, 2.24) is 19.9 Å². The first-order chi connectivity index (χ1) is 18.2. The summed E-state index contributed by atoms with van der Waals surface area (Å²) in [5, 5.41) is 1.49. The van der Waals surface area contributed by atoms with E-state index in [-0.39, 0.29) is 22.2 Å². The van der Waals surface area contributed by atoms with Gasteiger partial charge in [0.1, 0.15) is 27.3 Å². The number of halogens is 9. The molecular weight excluding hydrogens is 616 g/mol. The first kappa shape index (κ1) is 33.9. The van der Waals surface area contributed by atoms with Crippen LogP contribution in [0.5, 0.6) is 0 Å². The van der Waals surface area contributed by atoms with Crippen LogP contribution in [0.15, 0.2) is 10.3 Å². The van der Waals surface area contributed by atoms with Gasteiger partial charge in [0.2, 0.25) is 5.95 Å². The summed E-state index contributed by atoms with van der Waals surface area (Å²) in [6.45, 7) is 0. The van der Waals surface area contributed by atoms with E-state index in [9.17, 15) is 30.7 Å². The fourth-order valence-electron chi connectivity index (χ4n) is 3.80. The topological polar surface area (TPSA) is 89.6 Å². The maximum absolute atomic E-state index is 13.0. The molecule has 0 saturated heterocycles. The Balaban J connectivity index is 0.000000232. The van der Waals surface area contributed by atoms with E-state index >= 15 is 0 Å². The van der Waals surface area contributed by atoms with E-state index in [2.05, 4.69) is 25.3 Å². The van der Waals surface area contributed by atoms with Crippen molar-refractivity contribution in [2.24, 2.45) is 5.73 Å². The summed E-state index contributed by atoms with van der Waals surface area (Å²) >= 11 is 12.9. The summed E-state index contributed by atoms with van der Waals surface area (Å²) in [7, 11) is 0. The van der Waals surface area contributed by atoms with Gasteiger partial charge in [-0.25, -0.2) is 15.0 Å². The third kappa shape index (κ3) is 10.6. The van der Waals surface area contributed by atoms with Gasteiger partial charge in [-0.1, -0.05) is 72.4 Å². The standard InChI is InChI=1S/C11H13ClF3N3S.C6H3ClF4N2S.C5H11N/c1-19-10-17-8(12)7(11(13,14)15)9(18-10)16-6-4-2-3-5-6;1-14-5-12-3(7)2(4(8)13-5)6(9,10)11;6-5-3-1-2-4-5/h6H,2-5H2,1H3,(H,16,17,18);1H3;5H,1-4,6H2. The van der Waals surface area contributed by atoms with Crippen molar-refractivity contribution >= 4 is 52.5 Å². The van der Waals surface area contributed by atoms with Crippen LogP contribution >= 0.6 is 46.7 Å². The lowest BCUT2D eigenvalue weighted by molar-refractivity contribution is -0.140. The van der Waals surface area contributed by atoms with Crippen molar-refractivity contribution < 1.29 is 30.7 Å². The van der Waals surface area contributed by atoms with Crippen molar-refractivity contribution in [2.45, 2.75) is 86.1 Å². The zero-order valence-corrected chi connectivity index (χ0v) is 24.0. The second kappa shape index (κ2) is 15.1. The molecule has 2 saturated carbocycles. The third-order valence-electron chi connectivity index (χ3n) is 5.67.